The first-order chi connectivity index (χ1) is 6.65. The molecule has 3 N–H and O–H groups in total. The molecule has 0 heterocycles. The van der Waals surface area contributed by atoms with E-state index in [0.29, 0.717) is 16.5 Å². The molecule has 0 aliphatic carbocycles. The number of aliphatic hydroxyl groups is 1. The molecule has 0 amide bonds. The standard InChI is InChI=1S/C10H13Cl2NO/c11-8-4-3-7(6-9(8)12)10(13)2-1-5-14/h3-4,6,10,14H,1-2,5,13H2. The smallest absolute Gasteiger partial charge is 0.0595 e. The van der Waals surface area contributed by atoms with Crippen molar-refractivity contribution in [3.63, 3.8) is 0 Å². The van der Waals surface area contributed by atoms with E-state index in [9.17, 15) is 0 Å². The van der Waals surface area contributed by atoms with Gasteiger partial charge in [0.05, 0.1) is 10.0 Å². The second-order valence-electron chi connectivity index (χ2n) is 3.15. The van der Waals surface area contributed by atoms with Crippen LogP contribution in [-0.4, -0.2) is 11.7 Å². The van der Waals surface area contributed by atoms with Gasteiger partial charge in [0.1, 0.15) is 0 Å². The maximum atomic E-state index is 8.66. The van der Waals surface area contributed by atoms with Crippen LogP contribution in [0.25, 0.3) is 0 Å². The molecule has 1 aromatic carbocycles. The Kier molecular flexibility index (Phi) is 4.69. The van der Waals surface area contributed by atoms with Gasteiger partial charge in [-0.3, -0.25) is 0 Å². The van der Waals surface area contributed by atoms with Gasteiger partial charge < -0.3 is 10.8 Å². The van der Waals surface area contributed by atoms with Crippen LogP contribution in [0, 0.1) is 0 Å². The van der Waals surface area contributed by atoms with E-state index in [1.807, 2.05) is 6.07 Å². The predicted octanol–water partition coefficient (Wildman–Crippen LogP) is 2.77. The first-order valence-electron chi connectivity index (χ1n) is 4.46. The first kappa shape index (κ1) is 11.8. The second kappa shape index (κ2) is 5.56. The highest BCUT2D eigenvalue weighted by atomic mass is 35.5. The summed E-state index contributed by atoms with van der Waals surface area (Å²) in [5.74, 6) is 0. The molecule has 2 nitrogen and oxygen atoms in total. The van der Waals surface area contributed by atoms with E-state index in [1.165, 1.54) is 0 Å². The second-order valence-corrected chi connectivity index (χ2v) is 3.96. The molecule has 0 radical (unpaired) electrons. The van der Waals surface area contributed by atoms with Crippen molar-refractivity contribution in [1.29, 1.82) is 0 Å². The lowest BCUT2D eigenvalue weighted by atomic mass is 10.0. The molecule has 0 fully saturated rings. The van der Waals surface area contributed by atoms with Gasteiger partial charge in [-0.05, 0) is 30.5 Å². The molecule has 0 aliphatic rings. The molecule has 0 aromatic heterocycles. The van der Waals surface area contributed by atoms with Crippen molar-refractivity contribution in [2.45, 2.75) is 18.9 Å². The van der Waals surface area contributed by atoms with Crippen LogP contribution >= 0.6 is 23.2 Å². The monoisotopic (exact) mass is 233 g/mol. The quantitative estimate of drug-likeness (QED) is 0.841. The predicted molar refractivity (Wildman–Crippen MR) is 59.7 cm³/mol. The Bertz CT molecular complexity index is 304. The van der Waals surface area contributed by atoms with Gasteiger partial charge in [-0.2, -0.15) is 0 Å². The molecule has 1 unspecified atom stereocenters. The lowest BCUT2D eigenvalue weighted by Crippen LogP contribution is -2.10. The SMILES string of the molecule is NC(CCCO)c1ccc(Cl)c(Cl)c1. The lowest BCUT2D eigenvalue weighted by Gasteiger charge is -2.11. The summed E-state index contributed by atoms with van der Waals surface area (Å²) in [7, 11) is 0. The molecule has 14 heavy (non-hydrogen) atoms. The zero-order valence-electron chi connectivity index (χ0n) is 7.71. The van der Waals surface area contributed by atoms with Crippen LogP contribution < -0.4 is 5.73 Å². The molecular formula is C10H13Cl2NO. The summed E-state index contributed by atoms with van der Waals surface area (Å²) < 4.78 is 0. The van der Waals surface area contributed by atoms with E-state index in [-0.39, 0.29) is 12.6 Å². The van der Waals surface area contributed by atoms with Crippen molar-refractivity contribution in [3.8, 4) is 0 Å². The van der Waals surface area contributed by atoms with Gasteiger partial charge in [0.15, 0.2) is 0 Å². The van der Waals surface area contributed by atoms with E-state index in [1.54, 1.807) is 12.1 Å². The zero-order valence-corrected chi connectivity index (χ0v) is 9.22. The molecule has 0 spiro atoms. The summed E-state index contributed by atoms with van der Waals surface area (Å²) in [5.41, 5.74) is 6.84. The fourth-order valence-corrected chi connectivity index (χ4v) is 1.53. The zero-order chi connectivity index (χ0) is 10.6. The van der Waals surface area contributed by atoms with Gasteiger partial charge >= 0.3 is 0 Å². The van der Waals surface area contributed by atoms with Crippen LogP contribution in [0.15, 0.2) is 18.2 Å². The number of nitrogens with two attached hydrogens (primary N) is 1. The summed E-state index contributed by atoms with van der Waals surface area (Å²) in [6.07, 6.45) is 1.44. The van der Waals surface area contributed by atoms with E-state index in [2.05, 4.69) is 0 Å². The minimum atomic E-state index is -0.0862. The Labute approximate surface area is 93.6 Å². The third kappa shape index (κ3) is 3.14. The minimum Gasteiger partial charge on any atom is -0.396 e. The number of hydrogen-bond acceptors (Lipinski definition) is 2. The van der Waals surface area contributed by atoms with Crippen molar-refractivity contribution in [2.24, 2.45) is 5.73 Å². The number of aliphatic hydroxyl groups excluding tert-OH is 1. The Balaban J connectivity index is 2.70. The highest BCUT2D eigenvalue weighted by Crippen LogP contribution is 2.26. The number of halogens is 2. The van der Waals surface area contributed by atoms with Crippen molar-refractivity contribution < 1.29 is 5.11 Å². The molecule has 4 heteroatoms. The summed E-state index contributed by atoms with van der Waals surface area (Å²) in [4.78, 5) is 0. The van der Waals surface area contributed by atoms with Crippen LogP contribution in [-0.2, 0) is 0 Å². The molecule has 0 saturated heterocycles. The molecule has 1 rings (SSSR count). The summed E-state index contributed by atoms with van der Waals surface area (Å²) >= 11 is 11.6. The van der Waals surface area contributed by atoms with Crippen molar-refractivity contribution in [2.75, 3.05) is 6.61 Å². The lowest BCUT2D eigenvalue weighted by molar-refractivity contribution is 0.280. The van der Waals surface area contributed by atoms with Crippen molar-refractivity contribution in [1.82, 2.24) is 0 Å². The molecule has 1 atom stereocenters. The fraction of sp³-hybridized carbons (Fsp3) is 0.400. The molecule has 0 aliphatic heterocycles. The Hall–Kier alpha value is -0.280. The number of benzene rings is 1. The average Bonchev–Trinajstić information content (AvgIpc) is 2.18. The molecule has 78 valence electrons. The third-order valence-electron chi connectivity index (χ3n) is 2.05. The van der Waals surface area contributed by atoms with Gasteiger partial charge in [-0.15, -0.1) is 0 Å². The van der Waals surface area contributed by atoms with Gasteiger partial charge in [0, 0.05) is 12.6 Å². The first-order valence-corrected chi connectivity index (χ1v) is 5.22. The third-order valence-corrected chi connectivity index (χ3v) is 2.78. The number of hydrogen-bond donors (Lipinski definition) is 2. The number of rotatable bonds is 4. The summed E-state index contributed by atoms with van der Waals surface area (Å²) in [5, 5.41) is 9.71. The molecular weight excluding hydrogens is 221 g/mol. The van der Waals surface area contributed by atoms with Crippen LogP contribution in [0.2, 0.25) is 10.0 Å². The van der Waals surface area contributed by atoms with Crippen LogP contribution in [0.1, 0.15) is 24.4 Å². The van der Waals surface area contributed by atoms with Gasteiger partial charge in [0.2, 0.25) is 0 Å². The summed E-state index contributed by atoms with van der Waals surface area (Å²) in [6.45, 7) is 0.162. The van der Waals surface area contributed by atoms with Crippen molar-refractivity contribution in [3.05, 3.63) is 33.8 Å². The van der Waals surface area contributed by atoms with Gasteiger partial charge in [0.25, 0.3) is 0 Å². The van der Waals surface area contributed by atoms with Crippen molar-refractivity contribution >= 4 is 23.2 Å². The largest absolute Gasteiger partial charge is 0.396 e. The van der Waals surface area contributed by atoms with Crippen LogP contribution in [0.3, 0.4) is 0 Å². The maximum absolute atomic E-state index is 8.66. The maximum Gasteiger partial charge on any atom is 0.0595 e. The average molecular weight is 234 g/mol. The summed E-state index contributed by atoms with van der Waals surface area (Å²) in [6, 6.07) is 5.28. The van der Waals surface area contributed by atoms with Crippen LogP contribution in [0.4, 0.5) is 0 Å². The fourth-order valence-electron chi connectivity index (χ4n) is 1.22. The molecule has 1 aromatic rings. The minimum absolute atomic E-state index is 0.0862. The van der Waals surface area contributed by atoms with Crippen LogP contribution in [0.5, 0.6) is 0 Å². The highest BCUT2D eigenvalue weighted by Gasteiger charge is 2.07. The Morgan fingerprint density at radius 2 is 2.00 bits per heavy atom. The van der Waals surface area contributed by atoms with E-state index >= 15 is 0 Å². The molecule has 0 bridgehead atoms. The molecule has 0 saturated carbocycles. The highest BCUT2D eigenvalue weighted by molar-refractivity contribution is 6.42. The van der Waals surface area contributed by atoms with E-state index in [4.69, 9.17) is 34.0 Å². The Morgan fingerprint density at radius 3 is 2.57 bits per heavy atom. The topological polar surface area (TPSA) is 46.2 Å². The van der Waals surface area contributed by atoms with Gasteiger partial charge in [-0.25, -0.2) is 0 Å². The van der Waals surface area contributed by atoms with E-state index in [0.717, 1.165) is 12.0 Å². The Morgan fingerprint density at radius 1 is 1.29 bits per heavy atom. The van der Waals surface area contributed by atoms with E-state index < -0.39 is 0 Å². The van der Waals surface area contributed by atoms with Gasteiger partial charge in [-0.1, -0.05) is 29.3 Å². The normalized spacial score (nSPS) is 12.9.